The first kappa shape index (κ1) is 16.0. The van der Waals surface area contributed by atoms with Gasteiger partial charge in [-0.2, -0.15) is 0 Å². The molecule has 20 heavy (non-hydrogen) atoms. The molecule has 0 unspecified atom stereocenters. The summed E-state index contributed by atoms with van der Waals surface area (Å²) < 4.78 is 3.13. The lowest BCUT2D eigenvalue weighted by Gasteiger charge is -2.45. The Balaban J connectivity index is 2.70. The Morgan fingerprint density at radius 2 is 1.15 bits per heavy atom. The molecule has 1 heterocycles. The first-order valence-electron chi connectivity index (χ1n) is 8.54. The van der Waals surface area contributed by atoms with Gasteiger partial charge in [-0.25, -0.2) is 0 Å². The quantitative estimate of drug-likeness (QED) is 0.723. The molecule has 0 aromatic heterocycles. The van der Waals surface area contributed by atoms with Gasteiger partial charge in [0.25, 0.3) is 0 Å². The van der Waals surface area contributed by atoms with Gasteiger partial charge in [0.1, 0.15) is 0 Å². The van der Waals surface area contributed by atoms with Gasteiger partial charge in [0.15, 0.2) is 16.5 Å². The molecule has 1 aliphatic rings. The topological polar surface area (TPSA) is 3.24 Å². The molecule has 1 aliphatic heterocycles. The molecule has 1 nitrogen and oxygen atoms in total. The van der Waals surface area contributed by atoms with Gasteiger partial charge in [-0.1, -0.05) is 58.9 Å². The van der Waals surface area contributed by atoms with Gasteiger partial charge in [-0.3, -0.25) is 0 Å². The summed E-state index contributed by atoms with van der Waals surface area (Å²) in [6.07, 6.45) is 1.30. The van der Waals surface area contributed by atoms with E-state index in [1.165, 1.54) is 37.1 Å². The van der Waals surface area contributed by atoms with Crippen molar-refractivity contribution in [3.63, 3.8) is 0 Å². The maximum Gasteiger partial charge on any atom is 0.153 e. The maximum absolute atomic E-state index is 3.13. The summed E-state index contributed by atoms with van der Waals surface area (Å²) in [6.45, 7) is 13.5. The second-order valence-corrected chi connectivity index (χ2v) is 15.7. The minimum Gasteiger partial charge on any atom is -0.338 e. The molecule has 2 rings (SSSR count). The molecule has 0 amide bonds. The molecule has 0 saturated carbocycles. The molecular weight excluding hydrogens is 274 g/mol. The molecule has 0 radical (unpaired) electrons. The van der Waals surface area contributed by atoms with Crippen LogP contribution in [0.1, 0.15) is 41.0 Å². The van der Waals surface area contributed by atoms with Crippen molar-refractivity contribution in [2.75, 3.05) is 6.54 Å². The third-order valence-electron chi connectivity index (χ3n) is 5.75. The highest BCUT2D eigenvalue weighted by molar-refractivity contribution is 7.12. The van der Waals surface area contributed by atoms with Crippen molar-refractivity contribution in [1.82, 2.24) is 4.23 Å². The number of rotatable bonds is 6. The fourth-order valence-electron chi connectivity index (χ4n) is 4.67. The monoisotopic (exact) mass is 305 g/mol. The van der Waals surface area contributed by atoms with Crippen LogP contribution in [-0.2, 0) is 0 Å². The summed E-state index contributed by atoms with van der Waals surface area (Å²) in [5.41, 5.74) is 0. The van der Waals surface area contributed by atoms with Crippen LogP contribution in [0, 0.1) is 0 Å². The summed E-state index contributed by atoms with van der Waals surface area (Å²) in [7, 11) is -2.87. The molecule has 0 fully saturated rings. The number of fused-ring (bicyclic) bond motifs is 1. The number of hydrogen-bond acceptors (Lipinski definition) is 1. The smallest absolute Gasteiger partial charge is 0.153 e. The van der Waals surface area contributed by atoms with Crippen molar-refractivity contribution in [2.24, 2.45) is 0 Å². The lowest BCUT2D eigenvalue weighted by atomic mass is 10.4. The summed E-state index contributed by atoms with van der Waals surface area (Å²) in [6, 6.07) is 15.1. The van der Waals surface area contributed by atoms with Gasteiger partial charge >= 0.3 is 0 Å². The third kappa shape index (κ3) is 1.98. The molecule has 0 atom stereocenters. The second kappa shape index (κ2) is 6.16. The molecule has 1 aromatic rings. The second-order valence-electron chi connectivity index (χ2n) is 6.17. The lowest BCUT2D eigenvalue weighted by Crippen LogP contribution is -2.64. The van der Waals surface area contributed by atoms with Crippen LogP contribution in [0.4, 0.5) is 0 Å². The van der Waals surface area contributed by atoms with Crippen LogP contribution in [0.3, 0.4) is 0 Å². The molecule has 0 saturated heterocycles. The molecule has 0 bridgehead atoms. The van der Waals surface area contributed by atoms with Crippen LogP contribution in [-0.4, -0.2) is 27.2 Å². The summed E-state index contributed by atoms with van der Waals surface area (Å²) in [5, 5.41) is 3.60. The van der Waals surface area contributed by atoms with Crippen LogP contribution in [0.25, 0.3) is 0 Å². The van der Waals surface area contributed by atoms with Crippen LogP contribution in [0.15, 0.2) is 24.3 Å². The van der Waals surface area contributed by atoms with E-state index in [9.17, 15) is 0 Å². The maximum atomic E-state index is 3.13. The highest BCUT2D eigenvalue weighted by Crippen LogP contribution is 2.35. The van der Waals surface area contributed by atoms with Gasteiger partial charge in [0.05, 0.1) is 0 Å². The van der Waals surface area contributed by atoms with Crippen molar-refractivity contribution < 1.29 is 0 Å². The van der Waals surface area contributed by atoms with E-state index in [0.717, 1.165) is 0 Å². The number of nitrogens with zero attached hydrogens (tertiary/aromatic N) is 1. The first-order valence-corrected chi connectivity index (χ1v) is 13.3. The molecular formula is C17H31NSi2. The summed E-state index contributed by atoms with van der Waals surface area (Å²) in [5.74, 6) is 0. The summed E-state index contributed by atoms with van der Waals surface area (Å²) in [4.78, 5) is 0. The Kier molecular flexibility index (Phi) is 4.93. The lowest BCUT2D eigenvalue weighted by molar-refractivity contribution is 0.595. The Morgan fingerprint density at radius 1 is 0.750 bits per heavy atom. The van der Waals surface area contributed by atoms with E-state index in [2.05, 4.69) is 63.1 Å². The zero-order chi connectivity index (χ0) is 14.8. The summed E-state index contributed by atoms with van der Waals surface area (Å²) >= 11 is 0. The molecule has 0 aliphatic carbocycles. The highest BCUT2D eigenvalue weighted by atomic mass is 28.4. The van der Waals surface area contributed by atoms with Crippen molar-refractivity contribution in [3.05, 3.63) is 24.3 Å². The third-order valence-corrected chi connectivity index (χ3v) is 18.6. The fourth-order valence-corrected chi connectivity index (χ4v) is 19.9. The Hall–Kier alpha value is -0.386. The number of benzene rings is 1. The SMILES string of the molecule is CCCN1[Si](CC)(CC)c2ccccc2[Si]1(CC)CC. The predicted molar refractivity (Wildman–Crippen MR) is 96.1 cm³/mol. The van der Waals surface area contributed by atoms with Crippen molar-refractivity contribution in [1.29, 1.82) is 0 Å². The minimum absolute atomic E-state index is 1.30. The minimum atomic E-state index is -1.43. The first-order chi connectivity index (χ1) is 9.66. The van der Waals surface area contributed by atoms with Crippen LogP contribution >= 0.6 is 0 Å². The molecule has 0 spiro atoms. The Bertz CT molecular complexity index is 411. The van der Waals surface area contributed by atoms with Gasteiger partial charge in [0, 0.05) is 0 Å². The van der Waals surface area contributed by atoms with Gasteiger partial charge in [-0.15, -0.1) is 0 Å². The molecule has 3 heteroatoms. The Morgan fingerprint density at radius 3 is 1.45 bits per heavy atom. The molecule has 112 valence electrons. The van der Waals surface area contributed by atoms with E-state index in [-0.39, 0.29) is 0 Å². The van der Waals surface area contributed by atoms with Crippen LogP contribution in [0.5, 0.6) is 0 Å². The average molecular weight is 306 g/mol. The van der Waals surface area contributed by atoms with Crippen LogP contribution in [0.2, 0.25) is 24.2 Å². The van der Waals surface area contributed by atoms with Gasteiger partial charge < -0.3 is 4.23 Å². The van der Waals surface area contributed by atoms with E-state index >= 15 is 0 Å². The fraction of sp³-hybridized carbons (Fsp3) is 0.647. The zero-order valence-corrected chi connectivity index (χ0v) is 16.0. The Labute approximate surface area is 127 Å². The van der Waals surface area contributed by atoms with Crippen LogP contribution < -0.4 is 10.4 Å². The largest absolute Gasteiger partial charge is 0.338 e. The van der Waals surface area contributed by atoms with E-state index in [0.29, 0.717) is 0 Å². The van der Waals surface area contributed by atoms with E-state index in [1.807, 2.05) is 0 Å². The van der Waals surface area contributed by atoms with Crippen molar-refractivity contribution in [3.8, 4) is 0 Å². The predicted octanol–water partition coefficient (Wildman–Crippen LogP) is 3.80. The molecule has 0 N–H and O–H groups in total. The number of hydrogen-bond donors (Lipinski definition) is 0. The average Bonchev–Trinajstić information content (AvgIpc) is 2.75. The van der Waals surface area contributed by atoms with Crippen molar-refractivity contribution >= 4 is 26.8 Å². The van der Waals surface area contributed by atoms with Crippen molar-refractivity contribution in [2.45, 2.75) is 65.2 Å². The van der Waals surface area contributed by atoms with E-state index < -0.39 is 16.5 Å². The van der Waals surface area contributed by atoms with Gasteiger partial charge in [-0.05, 0) is 47.5 Å². The standard InChI is InChI=1S/C17H31NSi2/c1-6-15-18-19(7-2,8-3)16-13-11-12-14-17(16)20(18,9-4)10-5/h11-14H,6-10,15H2,1-5H3. The van der Waals surface area contributed by atoms with E-state index in [4.69, 9.17) is 0 Å². The normalized spacial score (nSPS) is 20.1. The highest BCUT2D eigenvalue weighted by Gasteiger charge is 2.56. The zero-order valence-electron chi connectivity index (χ0n) is 14.0. The van der Waals surface area contributed by atoms with E-state index in [1.54, 1.807) is 10.4 Å². The molecule has 1 aromatic carbocycles. The van der Waals surface area contributed by atoms with Gasteiger partial charge in [0.2, 0.25) is 0 Å².